The van der Waals surface area contributed by atoms with Crippen molar-refractivity contribution in [3.05, 3.63) is 71.8 Å². The van der Waals surface area contributed by atoms with Crippen LogP contribution in [0.25, 0.3) is 0 Å². The van der Waals surface area contributed by atoms with Gasteiger partial charge in [0.2, 0.25) is 0 Å². The van der Waals surface area contributed by atoms with Crippen LogP contribution < -0.4 is 0 Å². The third-order valence-corrected chi connectivity index (χ3v) is 8.73. The molecule has 0 amide bonds. The van der Waals surface area contributed by atoms with Crippen LogP contribution in [0.4, 0.5) is 0 Å². The van der Waals surface area contributed by atoms with E-state index in [0.29, 0.717) is 5.56 Å². The maximum absolute atomic E-state index is 13.1. The third kappa shape index (κ3) is 8.18. The maximum atomic E-state index is 13.1. The fourth-order valence-electron chi connectivity index (χ4n) is 4.84. The summed E-state index contributed by atoms with van der Waals surface area (Å²) >= 11 is 7.23. The molecule has 2 aliphatic rings. The van der Waals surface area contributed by atoms with Crippen molar-refractivity contribution in [3.63, 3.8) is 0 Å². The molecule has 4 rings (SSSR count). The SMILES string of the molecule is CC(=O)O[C@@H]1[C@@H](Br)[C@H](O[C@@H]2[C@@H](Br)[C@H](OCc3ccccc3)O[C@H](C)[C@H]2OC(=O)c2ccccc2)O[C@H](C)[C@H]1OC(C)=O. The van der Waals surface area contributed by atoms with E-state index in [9.17, 15) is 14.4 Å². The lowest BCUT2D eigenvalue weighted by atomic mass is 9.99. The monoisotopic (exact) mass is 712 g/mol. The first-order valence-electron chi connectivity index (χ1n) is 13.6. The van der Waals surface area contributed by atoms with E-state index in [2.05, 4.69) is 31.9 Å². The summed E-state index contributed by atoms with van der Waals surface area (Å²) < 4.78 is 41.9. The Balaban J connectivity index is 1.58. The summed E-state index contributed by atoms with van der Waals surface area (Å²) in [6, 6.07) is 18.2. The van der Waals surface area contributed by atoms with Crippen molar-refractivity contribution >= 4 is 49.8 Å². The molecule has 2 fully saturated rings. The molecule has 10 nitrogen and oxygen atoms in total. The maximum Gasteiger partial charge on any atom is 0.338 e. The minimum absolute atomic E-state index is 0.276. The summed E-state index contributed by atoms with van der Waals surface area (Å²) in [5.41, 5.74) is 1.33. The summed E-state index contributed by atoms with van der Waals surface area (Å²) in [6.07, 6.45) is -6.61. The van der Waals surface area contributed by atoms with E-state index >= 15 is 0 Å². The fraction of sp³-hybridized carbons (Fsp3) is 0.500. The lowest BCUT2D eigenvalue weighted by molar-refractivity contribution is -0.302. The number of rotatable bonds is 9. The number of ether oxygens (including phenoxy) is 7. The van der Waals surface area contributed by atoms with Gasteiger partial charge in [-0.15, -0.1) is 0 Å². The third-order valence-electron chi connectivity index (χ3n) is 6.82. The molecule has 2 heterocycles. The molecule has 2 aliphatic heterocycles. The molecule has 12 heteroatoms. The molecule has 2 aromatic carbocycles. The molecule has 0 aromatic heterocycles. The number of alkyl halides is 2. The van der Waals surface area contributed by atoms with Crippen molar-refractivity contribution in [2.75, 3.05) is 0 Å². The standard InChI is InChI=1S/C30H34Br2O10/c1-16-24(39-18(3)33)26(40-19(4)34)23(32)30(38-16)42-27-22(31)29(36-15-20-11-7-5-8-12-20)37-17(2)25(27)41-28(35)21-13-9-6-10-14-21/h5-14,16-17,22-27,29-30H,15H2,1-4H3/t16-,17-,22-,23-,24-,25-,26-,27-,29-,30+/m1/s1. The Hall–Kier alpha value is -2.35. The highest BCUT2D eigenvalue weighted by Gasteiger charge is 2.53. The summed E-state index contributed by atoms with van der Waals surface area (Å²) in [5.74, 6) is -1.65. The van der Waals surface area contributed by atoms with Crippen molar-refractivity contribution in [1.82, 2.24) is 0 Å². The number of halogens is 2. The highest BCUT2D eigenvalue weighted by molar-refractivity contribution is 9.09. The second kappa shape index (κ2) is 14.9. The van der Waals surface area contributed by atoms with Crippen molar-refractivity contribution in [2.24, 2.45) is 0 Å². The summed E-state index contributed by atoms with van der Waals surface area (Å²) in [6.45, 7) is 6.27. The van der Waals surface area contributed by atoms with Gasteiger partial charge in [0.25, 0.3) is 0 Å². The van der Waals surface area contributed by atoms with Gasteiger partial charge in [0.05, 0.1) is 29.2 Å². The van der Waals surface area contributed by atoms with Gasteiger partial charge in [0, 0.05) is 13.8 Å². The van der Waals surface area contributed by atoms with E-state index in [4.69, 9.17) is 33.2 Å². The largest absolute Gasteiger partial charge is 0.457 e. The van der Waals surface area contributed by atoms with Gasteiger partial charge in [0.15, 0.2) is 30.9 Å². The lowest BCUT2D eigenvalue weighted by Crippen LogP contribution is -2.62. The Kier molecular flexibility index (Phi) is 11.5. The minimum Gasteiger partial charge on any atom is -0.457 e. The Labute approximate surface area is 261 Å². The van der Waals surface area contributed by atoms with Gasteiger partial charge >= 0.3 is 17.9 Å². The van der Waals surface area contributed by atoms with E-state index in [-0.39, 0.29) is 6.61 Å². The Bertz CT molecular complexity index is 1200. The Morgan fingerprint density at radius 1 is 0.690 bits per heavy atom. The van der Waals surface area contributed by atoms with Crippen molar-refractivity contribution < 1.29 is 47.5 Å². The number of carbonyl (C=O) groups is 3. The molecule has 0 spiro atoms. The van der Waals surface area contributed by atoms with Gasteiger partial charge < -0.3 is 33.2 Å². The van der Waals surface area contributed by atoms with Crippen LogP contribution in [-0.4, -0.2) is 76.8 Å². The van der Waals surface area contributed by atoms with Crippen LogP contribution in [0.15, 0.2) is 60.7 Å². The molecule has 0 saturated carbocycles. The number of esters is 3. The van der Waals surface area contributed by atoms with E-state index in [0.717, 1.165) is 5.56 Å². The topological polar surface area (TPSA) is 116 Å². The van der Waals surface area contributed by atoms with Crippen molar-refractivity contribution in [2.45, 2.75) is 93.2 Å². The zero-order chi connectivity index (χ0) is 30.4. The van der Waals surface area contributed by atoms with E-state index < -0.39 is 76.8 Å². The number of hydrogen-bond donors (Lipinski definition) is 0. The normalized spacial score (nSPS) is 32.9. The molecule has 0 N–H and O–H groups in total. The molecular weight excluding hydrogens is 680 g/mol. The average molecular weight is 714 g/mol. The van der Waals surface area contributed by atoms with Gasteiger partial charge in [-0.2, -0.15) is 0 Å². The second-order valence-corrected chi connectivity index (χ2v) is 12.2. The van der Waals surface area contributed by atoms with Gasteiger partial charge in [-0.3, -0.25) is 9.59 Å². The highest BCUT2D eigenvalue weighted by atomic mass is 79.9. The summed E-state index contributed by atoms with van der Waals surface area (Å²) in [5, 5.41) is 0. The first kappa shape index (κ1) is 32.6. The van der Waals surface area contributed by atoms with Gasteiger partial charge in [0.1, 0.15) is 10.9 Å². The van der Waals surface area contributed by atoms with Crippen LogP contribution in [0.2, 0.25) is 0 Å². The zero-order valence-corrected chi connectivity index (χ0v) is 26.8. The molecule has 2 aromatic rings. The first-order valence-corrected chi connectivity index (χ1v) is 15.4. The van der Waals surface area contributed by atoms with Crippen LogP contribution in [0, 0.1) is 0 Å². The van der Waals surface area contributed by atoms with Gasteiger partial charge in [-0.05, 0) is 31.5 Å². The molecule has 2 saturated heterocycles. The molecule has 0 unspecified atom stereocenters. The molecular formula is C30H34Br2O10. The Morgan fingerprint density at radius 3 is 1.79 bits per heavy atom. The Morgan fingerprint density at radius 2 is 1.19 bits per heavy atom. The minimum atomic E-state index is -1.00. The predicted molar refractivity (Wildman–Crippen MR) is 157 cm³/mol. The fourth-order valence-corrected chi connectivity index (χ4v) is 6.20. The molecule has 10 atom stereocenters. The molecule has 0 bridgehead atoms. The molecule has 0 radical (unpaired) electrons. The molecule has 0 aliphatic carbocycles. The van der Waals surface area contributed by atoms with Crippen LogP contribution in [0.3, 0.4) is 0 Å². The van der Waals surface area contributed by atoms with Crippen LogP contribution in [0.1, 0.15) is 43.6 Å². The number of hydrogen-bond acceptors (Lipinski definition) is 10. The van der Waals surface area contributed by atoms with Crippen molar-refractivity contribution in [3.8, 4) is 0 Å². The van der Waals surface area contributed by atoms with Gasteiger partial charge in [-0.25, -0.2) is 4.79 Å². The molecule has 228 valence electrons. The van der Waals surface area contributed by atoms with E-state index in [1.165, 1.54) is 13.8 Å². The molecule has 42 heavy (non-hydrogen) atoms. The van der Waals surface area contributed by atoms with E-state index in [1.807, 2.05) is 30.3 Å². The van der Waals surface area contributed by atoms with Gasteiger partial charge in [-0.1, -0.05) is 80.4 Å². The average Bonchev–Trinajstić information content (AvgIpc) is 2.96. The van der Waals surface area contributed by atoms with E-state index in [1.54, 1.807) is 44.2 Å². The summed E-state index contributed by atoms with van der Waals surface area (Å²) in [7, 11) is 0. The summed E-state index contributed by atoms with van der Waals surface area (Å²) in [4.78, 5) is 35.5. The van der Waals surface area contributed by atoms with Crippen molar-refractivity contribution in [1.29, 1.82) is 0 Å². The lowest BCUT2D eigenvalue weighted by Gasteiger charge is -2.47. The first-order chi connectivity index (χ1) is 20.0. The zero-order valence-electron chi connectivity index (χ0n) is 23.6. The second-order valence-electron chi connectivity index (χ2n) is 10.1. The smallest absolute Gasteiger partial charge is 0.338 e. The predicted octanol–water partition coefficient (Wildman–Crippen LogP) is 4.69. The number of carbonyl (C=O) groups excluding carboxylic acids is 3. The highest BCUT2D eigenvalue weighted by Crippen LogP contribution is 2.37. The quantitative estimate of drug-likeness (QED) is 0.206. The number of benzene rings is 2. The van der Waals surface area contributed by atoms with Crippen LogP contribution >= 0.6 is 31.9 Å². The van der Waals surface area contributed by atoms with Crippen LogP contribution in [-0.2, 0) is 49.4 Å². The van der Waals surface area contributed by atoms with Crippen LogP contribution in [0.5, 0.6) is 0 Å².